The molecule has 1 amide bonds. The third-order valence-corrected chi connectivity index (χ3v) is 10.2. The molecule has 0 N–H and O–H groups in total. The van der Waals surface area contributed by atoms with Crippen molar-refractivity contribution < 1.29 is 17.9 Å². The SMILES string of the molecule is Cc1cccc(Cl)c1S(=O)(=O)N1CCCC1COCC(=O)N1CCC(CCN2CCCC2)CC1. The third-order valence-electron chi connectivity index (χ3n) is 7.61. The van der Waals surface area contributed by atoms with Crippen LogP contribution in [0, 0.1) is 12.8 Å². The first kappa shape index (κ1) is 25.9. The molecule has 1 atom stereocenters. The zero-order valence-electron chi connectivity index (χ0n) is 20.3. The number of benzene rings is 1. The van der Waals surface area contributed by atoms with Crippen molar-refractivity contribution in [1.82, 2.24) is 14.1 Å². The summed E-state index contributed by atoms with van der Waals surface area (Å²) in [5.41, 5.74) is 0.637. The summed E-state index contributed by atoms with van der Waals surface area (Å²) in [6.07, 6.45) is 7.51. The molecule has 3 aliphatic rings. The highest BCUT2D eigenvalue weighted by Crippen LogP contribution is 2.32. The van der Waals surface area contributed by atoms with E-state index in [4.69, 9.17) is 16.3 Å². The maximum atomic E-state index is 13.3. The average Bonchev–Trinajstić information content (AvgIpc) is 3.50. The van der Waals surface area contributed by atoms with Crippen molar-refractivity contribution in [1.29, 1.82) is 0 Å². The number of hydrogen-bond donors (Lipinski definition) is 0. The van der Waals surface area contributed by atoms with Crippen LogP contribution in [-0.4, -0.2) is 87.0 Å². The van der Waals surface area contributed by atoms with Crippen LogP contribution < -0.4 is 0 Å². The highest BCUT2D eigenvalue weighted by molar-refractivity contribution is 7.89. The van der Waals surface area contributed by atoms with Crippen molar-refractivity contribution in [3.05, 3.63) is 28.8 Å². The fraction of sp³-hybridized carbons (Fsp3) is 0.720. The summed E-state index contributed by atoms with van der Waals surface area (Å²) in [5, 5.41) is 0.241. The number of hydrogen-bond acceptors (Lipinski definition) is 5. The van der Waals surface area contributed by atoms with Gasteiger partial charge in [0.2, 0.25) is 15.9 Å². The summed E-state index contributed by atoms with van der Waals surface area (Å²) in [6.45, 7) is 7.70. The van der Waals surface area contributed by atoms with Gasteiger partial charge in [0.15, 0.2) is 0 Å². The lowest BCUT2D eigenvalue weighted by molar-refractivity contribution is -0.137. The maximum Gasteiger partial charge on any atom is 0.248 e. The van der Waals surface area contributed by atoms with Crippen LogP contribution in [0.25, 0.3) is 0 Å². The Balaban J connectivity index is 1.22. The van der Waals surface area contributed by atoms with Gasteiger partial charge in [0.1, 0.15) is 11.5 Å². The van der Waals surface area contributed by atoms with Gasteiger partial charge in [0, 0.05) is 25.7 Å². The Morgan fingerprint density at radius 3 is 2.50 bits per heavy atom. The molecule has 34 heavy (non-hydrogen) atoms. The van der Waals surface area contributed by atoms with Crippen LogP contribution >= 0.6 is 11.6 Å². The van der Waals surface area contributed by atoms with Gasteiger partial charge in [-0.05, 0) is 89.1 Å². The molecule has 0 saturated carbocycles. The summed E-state index contributed by atoms with van der Waals surface area (Å²) in [7, 11) is -3.72. The first-order valence-electron chi connectivity index (χ1n) is 12.7. The van der Waals surface area contributed by atoms with Crippen LogP contribution in [0.3, 0.4) is 0 Å². The summed E-state index contributed by atoms with van der Waals surface area (Å²) in [4.78, 5) is 17.3. The predicted molar refractivity (Wildman–Crippen MR) is 134 cm³/mol. The van der Waals surface area contributed by atoms with Gasteiger partial charge >= 0.3 is 0 Å². The maximum absolute atomic E-state index is 13.3. The Labute approximate surface area is 209 Å². The zero-order chi connectivity index (χ0) is 24.1. The number of amides is 1. The van der Waals surface area contributed by atoms with Gasteiger partial charge in [-0.2, -0.15) is 4.31 Å². The fourth-order valence-corrected chi connectivity index (χ4v) is 8.04. The Kier molecular flexibility index (Phi) is 8.91. The number of carbonyl (C=O) groups excluding carboxylic acids is 1. The minimum absolute atomic E-state index is 0.00680. The molecule has 1 unspecified atom stereocenters. The van der Waals surface area contributed by atoms with Gasteiger partial charge in [0.05, 0.1) is 11.6 Å². The lowest BCUT2D eigenvalue weighted by atomic mass is 9.93. The quantitative estimate of drug-likeness (QED) is 0.507. The van der Waals surface area contributed by atoms with Gasteiger partial charge in [-0.15, -0.1) is 0 Å². The molecule has 1 aromatic rings. The highest BCUT2D eigenvalue weighted by Gasteiger charge is 2.37. The number of nitrogens with zero attached hydrogens (tertiary/aromatic N) is 3. The molecule has 0 radical (unpaired) electrons. The van der Waals surface area contributed by atoms with Crippen LogP contribution in [0.2, 0.25) is 5.02 Å². The predicted octanol–water partition coefficient (Wildman–Crippen LogP) is 3.54. The molecule has 0 aliphatic carbocycles. The highest BCUT2D eigenvalue weighted by atomic mass is 35.5. The van der Waals surface area contributed by atoms with Gasteiger partial charge < -0.3 is 14.5 Å². The van der Waals surface area contributed by atoms with E-state index in [0.717, 1.165) is 38.8 Å². The lowest BCUT2D eigenvalue weighted by Crippen LogP contribution is -2.42. The molecule has 9 heteroatoms. The molecule has 0 bridgehead atoms. The summed E-state index contributed by atoms with van der Waals surface area (Å²) >= 11 is 6.25. The van der Waals surface area contributed by atoms with E-state index in [-0.39, 0.29) is 35.1 Å². The van der Waals surface area contributed by atoms with Crippen LogP contribution in [-0.2, 0) is 19.6 Å². The first-order chi connectivity index (χ1) is 16.4. The topological polar surface area (TPSA) is 70.2 Å². The molecule has 1 aromatic carbocycles. The van der Waals surface area contributed by atoms with Crippen LogP contribution in [0.1, 0.15) is 50.5 Å². The number of rotatable bonds is 9. The third kappa shape index (κ3) is 6.13. The number of piperidine rings is 1. The van der Waals surface area contributed by atoms with Gasteiger partial charge in [-0.1, -0.05) is 23.7 Å². The molecule has 190 valence electrons. The average molecular weight is 512 g/mol. The molecule has 3 saturated heterocycles. The molecule has 7 nitrogen and oxygen atoms in total. The van der Waals surface area contributed by atoms with Crippen molar-refractivity contribution in [2.24, 2.45) is 5.92 Å². The number of sulfonamides is 1. The van der Waals surface area contributed by atoms with E-state index < -0.39 is 10.0 Å². The van der Waals surface area contributed by atoms with Crippen molar-refractivity contribution in [2.45, 2.75) is 62.8 Å². The Bertz CT molecular complexity index is 923. The van der Waals surface area contributed by atoms with Crippen molar-refractivity contribution in [2.75, 3.05) is 52.5 Å². The van der Waals surface area contributed by atoms with Crippen molar-refractivity contribution in [3.8, 4) is 0 Å². The smallest absolute Gasteiger partial charge is 0.248 e. The number of ether oxygens (including phenoxy) is 1. The first-order valence-corrected chi connectivity index (χ1v) is 14.5. The van der Waals surface area contributed by atoms with E-state index in [1.165, 1.54) is 43.2 Å². The molecule has 4 rings (SSSR count). The van der Waals surface area contributed by atoms with E-state index in [1.54, 1.807) is 25.1 Å². The monoisotopic (exact) mass is 511 g/mol. The molecular formula is C25H38ClN3O4S. The van der Waals surface area contributed by atoms with E-state index >= 15 is 0 Å². The second-order valence-corrected chi connectivity index (χ2v) is 12.2. The second kappa shape index (κ2) is 11.7. The minimum Gasteiger partial charge on any atom is -0.370 e. The number of likely N-dealkylation sites (tertiary alicyclic amines) is 2. The summed E-state index contributed by atoms with van der Waals surface area (Å²) in [5.74, 6) is 0.712. The van der Waals surface area contributed by atoms with Crippen molar-refractivity contribution in [3.63, 3.8) is 0 Å². The van der Waals surface area contributed by atoms with E-state index in [9.17, 15) is 13.2 Å². The summed E-state index contributed by atoms with van der Waals surface area (Å²) < 4.78 is 33.9. The minimum atomic E-state index is -3.72. The molecule has 3 fully saturated rings. The molecule has 0 aromatic heterocycles. The normalized spacial score (nSPS) is 23.1. The zero-order valence-corrected chi connectivity index (χ0v) is 21.8. The standard InChI is InChI=1S/C25H38ClN3O4S/c1-20-6-4-8-23(26)25(20)34(31,32)29-14-5-7-22(29)18-33-19-24(30)28-16-10-21(11-17-28)9-15-27-12-2-3-13-27/h4,6,8,21-22H,2-3,5,7,9-19H2,1H3. The largest absolute Gasteiger partial charge is 0.370 e. The Morgan fingerprint density at radius 1 is 1.06 bits per heavy atom. The molecule has 0 spiro atoms. The molecular weight excluding hydrogens is 474 g/mol. The van der Waals surface area contributed by atoms with E-state index in [0.29, 0.717) is 18.0 Å². The van der Waals surface area contributed by atoms with Crippen molar-refractivity contribution >= 4 is 27.5 Å². The fourth-order valence-electron chi connectivity index (χ4n) is 5.57. The van der Waals surface area contributed by atoms with Gasteiger partial charge in [-0.3, -0.25) is 4.79 Å². The van der Waals surface area contributed by atoms with E-state index in [2.05, 4.69) is 4.90 Å². The number of halogens is 1. The van der Waals surface area contributed by atoms with Crippen LogP contribution in [0.5, 0.6) is 0 Å². The lowest BCUT2D eigenvalue weighted by Gasteiger charge is -2.33. The Hall–Kier alpha value is -1.19. The number of carbonyl (C=O) groups is 1. The molecule has 3 heterocycles. The van der Waals surface area contributed by atoms with Crippen LogP contribution in [0.4, 0.5) is 0 Å². The van der Waals surface area contributed by atoms with Gasteiger partial charge in [0.25, 0.3) is 0 Å². The molecule has 3 aliphatic heterocycles. The number of aryl methyl sites for hydroxylation is 1. The van der Waals surface area contributed by atoms with Gasteiger partial charge in [-0.25, -0.2) is 8.42 Å². The second-order valence-electron chi connectivity index (χ2n) is 9.97. The van der Waals surface area contributed by atoms with E-state index in [1.807, 2.05) is 4.90 Å². The summed E-state index contributed by atoms with van der Waals surface area (Å²) in [6, 6.07) is 4.85. The Morgan fingerprint density at radius 2 is 1.79 bits per heavy atom. The van der Waals surface area contributed by atoms with Crippen LogP contribution in [0.15, 0.2) is 23.1 Å².